The van der Waals surface area contributed by atoms with Gasteiger partial charge in [0.1, 0.15) is 0 Å². The Balaban J connectivity index is 2.51. The maximum absolute atomic E-state index is 5.59. The van der Waals surface area contributed by atoms with Crippen molar-refractivity contribution in [1.29, 1.82) is 0 Å². The Kier molecular flexibility index (Phi) is 4.11. The molecule has 3 heteroatoms. The van der Waals surface area contributed by atoms with Crippen molar-refractivity contribution in [2.45, 2.75) is 23.5 Å². The lowest BCUT2D eigenvalue weighted by Gasteiger charge is -2.10. The Labute approximate surface area is 77.6 Å². The minimum absolute atomic E-state index is 0.535. The highest BCUT2D eigenvalue weighted by Gasteiger charge is 2.04. The second-order valence-corrected chi connectivity index (χ2v) is 3.94. The van der Waals surface area contributed by atoms with Crippen LogP contribution in [-0.2, 0) is 0 Å². The van der Waals surface area contributed by atoms with Crippen molar-refractivity contribution in [1.82, 2.24) is 4.98 Å². The van der Waals surface area contributed by atoms with Gasteiger partial charge in [-0.25, -0.2) is 0 Å². The van der Waals surface area contributed by atoms with Crippen molar-refractivity contribution in [2.75, 3.05) is 6.54 Å². The van der Waals surface area contributed by atoms with Crippen LogP contribution in [0.2, 0.25) is 0 Å². The number of rotatable bonds is 4. The van der Waals surface area contributed by atoms with E-state index in [-0.39, 0.29) is 0 Å². The maximum atomic E-state index is 5.59. The van der Waals surface area contributed by atoms with Crippen molar-refractivity contribution in [2.24, 2.45) is 5.73 Å². The molecule has 0 radical (unpaired) electrons. The van der Waals surface area contributed by atoms with Crippen molar-refractivity contribution in [3.05, 3.63) is 24.5 Å². The predicted molar refractivity (Wildman–Crippen MR) is 53.2 cm³/mol. The van der Waals surface area contributed by atoms with E-state index in [1.54, 1.807) is 0 Å². The summed E-state index contributed by atoms with van der Waals surface area (Å²) < 4.78 is 0. The van der Waals surface area contributed by atoms with E-state index >= 15 is 0 Å². The van der Waals surface area contributed by atoms with E-state index in [1.807, 2.05) is 36.3 Å². The molecule has 0 spiro atoms. The van der Waals surface area contributed by atoms with Crippen molar-refractivity contribution >= 4 is 11.8 Å². The Bertz CT molecular complexity index is 209. The molecule has 0 saturated heterocycles. The van der Waals surface area contributed by atoms with Gasteiger partial charge in [0, 0.05) is 29.1 Å². The van der Waals surface area contributed by atoms with E-state index in [4.69, 9.17) is 5.73 Å². The minimum atomic E-state index is 0.535. The molecule has 1 rings (SSSR count). The summed E-state index contributed by atoms with van der Waals surface area (Å²) in [5.74, 6) is 0. The summed E-state index contributed by atoms with van der Waals surface area (Å²) in [6.45, 7) is 2.90. The molecule has 1 unspecified atom stereocenters. The van der Waals surface area contributed by atoms with E-state index in [0.29, 0.717) is 5.25 Å². The lowest BCUT2D eigenvalue weighted by atomic mass is 10.3. The second-order valence-electron chi connectivity index (χ2n) is 2.57. The van der Waals surface area contributed by atoms with Crippen LogP contribution in [0.4, 0.5) is 0 Å². The monoisotopic (exact) mass is 182 g/mol. The quantitative estimate of drug-likeness (QED) is 0.723. The highest BCUT2D eigenvalue weighted by atomic mass is 32.2. The molecule has 66 valence electrons. The van der Waals surface area contributed by atoms with E-state index < -0.39 is 0 Å². The molecule has 0 aromatic carbocycles. The van der Waals surface area contributed by atoms with Crippen molar-refractivity contribution in [3.8, 4) is 0 Å². The SMILES string of the molecule is CCC(CN)Sc1ccncc1. The van der Waals surface area contributed by atoms with E-state index in [1.165, 1.54) is 4.90 Å². The van der Waals surface area contributed by atoms with Gasteiger partial charge in [0.2, 0.25) is 0 Å². The standard InChI is InChI=1S/C9H14N2S/c1-2-8(7-10)12-9-3-5-11-6-4-9/h3-6,8H,2,7,10H2,1H3. The van der Waals surface area contributed by atoms with Gasteiger partial charge in [0.05, 0.1) is 0 Å². The largest absolute Gasteiger partial charge is 0.329 e. The van der Waals surface area contributed by atoms with Crippen LogP contribution in [0.3, 0.4) is 0 Å². The van der Waals surface area contributed by atoms with Crippen molar-refractivity contribution < 1.29 is 0 Å². The Morgan fingerprint density at radius 2 is 2.17 bits per heavy atom. The van der Waals surface area contributed by atoms with E-state index in [2.05, 4.69) is 11.9 Å². The summed E-state index contributed by atoms with van der Waals surface area (Å²) >= 11 is 1.82. The van der Waals surface area contributed by atoms with Gasteiger partial charge in [-0.3, -0.25) is 4.98 Å². The molecule has 1 aromatic heterocycles. The third-order valence-electron chi connectivity index (χ3n) is 1.67. The molecule has 1 heterocycles. The lowest BCUT2D eigenvalue weighted by molar-refractivity contribution is 0.826. The average Bonchev–Trinajstić information content (AvgIpc) is 2.16. The first-order chi connectivity index (χ1) is 5.86. The number of nitrogens with zero attached hydrogens (tertiary/aromatic N) is 1. The second kappa shape index (κ2) is 5.17. The van der Waals surface area contributed by atoms with Gasteiger partial charge in [-0.15, -0.1) is 11.8 Å². The summed E-state index contributed by atoms with van der Waals surface area (Å²) in [5.41, 5.74) is 5.59. The summed E-state index contributed by atoms with van der Waals surface area (Å²) in [6.07, 6.45) is 4.74. The average molecular weight is 182 g/mol. The molecule has 0 aliphatic rings. The topological polar surface area (TPSA) is 38.9 Å². The Morgan fingerprint density at radius 3 is 2.67 bits per heavy atom. The highest BCUT2D eigenvalue weighted by Crippen LogP contribution is 2.23. The number of thioether (sulfide) groups is 1. The number of nitrogens with two attached hydrogens (primary N) is 1. The molecule has 0 saturated carbocycles. The van der Waals surface area contributed by atoms with Gasteiger partial charge < -0.3 is 5.73 Å². The normalized spacial score (nSPS) is 12.8. The number of hydrogen-bond acceptors (Lipinski definition) is 3. The molecular formula is C9H14N2S. The van der Waals surface area contributed by atoms with Crippen LogP contribution in [0, 0.1) is 0 Å². The highest BCUT2D eigenvalue weighted by molar-refractivity contribution is 8.00. The summed E-state index contributed by atoms with van der Waals surface area (Å²) in [6, 6.07) is 4.03. The van der Waals surface area contributed by atoms with Gasteiger partial charge in [0.25, 0.3) is 0 Å². The van der Waals surface area contributed by atoms with E-state index in [9.17, 15) is 0 Å². The van der Waals surface area contributed by atoms with Crippen LogP contribution in [0.5, 0.6) is 0 Å². The molecule has 0 amide bonds. The van der Waals surface area contributed by atoms with Gasteiger partial charge in [-0.05, 0) is 18.6 Å². The van der Waals surface area contributed by atoms with Crippen LogP contribution in [0.1, 0.15) is 13.3 Å². The van der Waals surface area contributed by atoms with Crippen LogP contribution in [0.15, 0.2) is 29.4 Å². The first-order valence-electron chi connectivity index (χ1n) is 4.13. The van der Waals surface area contributed by atoms with Crippen LogP contribution in [0.25, 0.3) is 0 Å². The number of pyridine rings is 1. The van der Waals surface area contributed by atoms with Crippen LogP contribution < -0.4 is 5.73 Å². The summed E-state index contributed by atoms with van der Waals surface area (Å²) in [7, 11) is 0. The molecule has 0 aliphatic heterocycles. The Morgan fingerprint density at radius 1 is 1.50 bits per heavy atom. The zero-order valence-electron chi connectivity index (χ0n) is 7.23. The van der Waals surface area contributed by atoms with Gasteiger partial charge in [0.15, 0.2) is 0 Å². The first kappa shape index (κ1) is 9.55. The van der Waals surface area contributed by atoms with Gasteiger partial charge >= 0.3 is 0 Å². The van der Waals surface area contributed by atoms with Gasteiger partial charge in [-0.1, -0.05) is 6.92 Å². The summed E-state index contributed by atoms with van der Waals surface area (Å²) in [5, 5.41) is 0.535. The fraction of sp³-hybridized carbons (Fsp3) is 0.444. The first-order valence-corrected chi connectivity index (χ1v) is 5.01. The van der Waals surface area contributed by atoms with E-state index in [0.717, 1.165) is 13.0 Å². The Hall–Kier alpha value is -0.540. The third kappa shape index (κ3) is 2.83. The van der Waals surface area contributed by atoms with Gasteiger partial charge in [-0.2, -0.15) is 0 Å². The minimum Gasteiger partial charge on any atom is -0.329 e. The zero-order valence-corrected chi connectivity index (χ0v) is 8.05. The molecule has 0 fully saturated rings. The molecule has 0 bridgehead atoms. The number of aromatic nitrogens is 1. The van der Waals surface area contributed by atoms with Crippen molar-refractivity contribution in [3.63, 3.8) is 0 Å². The molecule has 2 nitrogen and oxygen atoms in total. The predicted octanol–water partition coefficient (Wildman–Crippen LogP) is 1.91. The van der Waals surface area contributed by atoms with Crippen LogP contribution in [-0.4, -0.2) is 16.8 Å². The molecule has 2 N–H and O–H groups in total. The number of hydrogen-bond donors (Lipinski definition) is 1. The third-order valence-corrected chi connectivity index (χ3v) is 3.07. The smallest absolute Gasteiger partial charge is 0.0278 e. The van der Waals surface area contributed by atoms with Crippen LogP contribution >= 0.6 is 11.8 Å². The molecular weight excluding hydrogens is 168 g/mol. The zero-order chi connectivity index (χ0) is 8.81. The molecule has 1 aromatic rings. The lowest BCUT2D eigenvalue weighted by Crippen LogP contribution is -2.15. The molecule has 1 atom stereocenters. The molecule has 12 heavy (non-hydrogen) atoms. The fourth-order valence-corrected chi connectivity index (χ4v) is 1.83. The summed E-state index contributed by atoms with van der Waals surface area (Å²) in [4.78, 5) is 5.21. The molecule has 0 aliphatic carbocycles. The fourth-order valence-electron chi connectivity index (χ4n) is 0.907. The maximum Gasteiger partial charge on any atom is 0.0278 e.